The molecule has 9 heteroatoms. The molecule has 3 heterocycles. The normalized spacial score (nSPS) is 17.3. The number of piperidine rings is 1. The number of ketones is 1. The zero-order chi connectivity index (χ0) is 17.6. The highest BCUT2D eigenvalue weighted by atomic mass is 35.5. The Balaban J connectivity index is 1.88. The smallest absolute Gasteiger partial charge is 0.230 e. The lowest BCUT2D eigenvalue weighted by molar-refractivity contribution is -0.121. The largest absolute Gasteiger partial charge is 0.492 e. The van der Waals surface area contributed by atoms with Crippen LogP contribution in [0.4, 0.5) is 0 Å². The molecule has 1 aromatic carbocycles. The van der Waals surface area contributed by atoms with E-state index in [0.29, 0.717) is 45.8 Å². The Morgan fingerprint density at radius 2 is 1.88 bits per heavy atom. The number of aromatic hydroxyl groups is 1. The van der Waals surface area contributed by atoms with E-state index < -0.39 is 0 Å². The predicted octanol–water partition coefficient (Wildman–Crippen LogP) is 3.56. The second kappa shape index (κ2) is 6.57. The first-order valence-electron chi connectivity index (χ1n) is 7.77. The number of hydrogen-bond donors (Lipinski definition) is 1. The lowest BCUT2D eigenvalue weighted by Gasteiger charge is -2.34. The summed E-state index contributed by atoms with van der Waals surface area (Å²) in [5.74, 6) is 0.266. The van der Waals surface area contributed by atoms with E-state index in [1.165, 1.54) is 22.2 Å². The molecule has 1 saturated heterocycles. The van der Waals surface area contributed by atoms with Gasteiger partial charge in [0.25, 0.3) is 0 Å². The van der Waals surface area contributed by atoms with Gasteiger partial charge in [0.1, 0.15) is 12.1 Å². The molecule has 1 aliphatic rings. The third kappa shape index (κ3) is 2.91. The van der Waals surface area contributed by atoms with Crippen LogP contribution in [0.5, 0.6) is 5.88 Å². The van der Waals surface area contributed by atoms with Crippen LogP contribution in [-0.4, -0.2) is 43.5 Å². The van der Waals surface area contributed by atoms with Crippen LogP contribution in [0.3, 0.4) is 0 Å². The van der Waals surface area contributed by atoms with Gasteiger partial charge in [-0.05, 0) is 12.1 Å². The van der Waals surface area contributed by atoms with Crippen LogP contribution in [0, 0.1) is 0 Å². The lowest BCUT2D eigenvalue weighted by atomic mass is 9.99. The fourth-order valence-corrected chi connectivity index (χ4v) is 4.83. The average molecular weight is 397 g/mol. The van der Waals surface area contributed by atoms with Crippen molar-refractivity contribution in [1.82, 2.24) is 19.5 Å². The number of benzene rings is 1. The van der Waals surface area contributed by atoms with Crippen molar-refractivity contribution in [2.75, 3.05) is 13.1 Å². The van der Waals surface area contributed by atoms with Gasteiger partial charge in [0.15, 0.2) is 0 Å². The highest BCUT2D eigenvalue weighted by Gasteiger charge is 2.33. The van der Waals surface area contributed by atoms with Gasteiger partial charge < -0.3 is 5.11 Å². The number of aromatic nitrogens is 3. The summed E-state index contributed by atoms with van der Waals surface area (Å²) in [6.45, 7) is 1.16. The van der Waals surface area contributed by atoms with Crippen LogP contribution >= 0.6 is 34.5 Å². The second-order valence-electron chi connectivity index (χ2n) is 5.86. The minimum absolute atomic E-state index is 0.0235. The number of thiazole rings is 1. The summed E-state index contributed by atoms with van der Waals surface area (Å²) in [6.07, 6.45) is 2.34. The zero-order valence-electron chi connectivity index (χ0n) is 13.0. The van der Waals surface area contributed by atoms with E-state index in [-0.39, 0.29) is 17.7 Å². The fourth-order valence-electron chi connectivity index (χ4n) is 3.16. The van der Waals surface area contributed by atoms with Crippen molar-refractivity contribution in [3.63, 3.8) is 0 Å². The summed E-state index contributed by atoms with van der Waals surface area (Å²) in [5.41, 5.74) is 0.722. The van der Waals surface area contributed by atoms with Gasteiger partial charge in [-0.3, -0.25) is 9.69 Å². The first-order valence-corrected chi connectivity index (χ1v) is 9.34. The molecule has 1 atom stereocenters. The van der Waals surface area contributed by atoms with Gasteiger partial charge in [-0.15, -0.1) is 0 Å². The Hall–Kier alpha value is -1.67. The maximum Gasteiger partial charge on any atom is 0.230 e. The number of carbonyl (C=O) groups excluding carboxylic acids is 1. The molecular formula is C16H14Cl2N4O2S. The molecule has 0 aliphatic carbocycles. The van der Waals surface area contributed by atoms with Crippen LogP contribution in [0.25, 0.3) is 4.96 Å². The van der Waals surface area contributed by atoms with Gasteiger partial charge in [-0.2, -0.15) is 9.61 Å². The first-order chi connectivity index (χ1) is 12.1. The molecule has 1 aliphatic heterocycles. The van der Waals surface area contributed by atoms with Crippen LogP contribution in [-0.2, 0) is 4.79 Å². The summed E-state index contributed by atoms with van der Waals surface area (Å²) < 4.78 is 1.40. The fraction of sp³-hybridized carbons (Fsp3) is 0.312. The highest BCUT2D eigenvalue weighted by molar-refractivity contribution is 7.17. The molecule has 0 radical (unpaired) electrons. The molecule has 0 spiro atoms. The Bertz CT molecular complexity index is 925. The van der Waals surface area contributed by atoms with Gasteiger partial charge in [0.05, 0.1) is 10.9 Å². The third-order valence-corrected chi connectivity index (χ3v) is 6.13. The maximum atomic E-state index is 11.7. The lowest BCUT2D eigenvalue weighted by Crippen LogP contribution is -2.37. The van der Waals surface area contributed by atoms with Gasteiger partial charge in [-0.25, -0.2) is 4.98 Å². The van der Waals surface area contributed by atoms with Crippen molar-refractivity contribution in [1.29, 1.82) is 0 Å². The molecule has 1 N–H and O–H groups in total. The maximum absolute atomic E-state index is 11.7. The van der Waals surface area contributed by atoms with Crippen LogP contribution in [0.1, 0.15) is 29.3 Å². The molecule has 2 aromatic heterocycles. The number of Topliss-reactive ketones (excluding diaryl/α,β-unsaturated/α-hetero) is 1. The molecule has 0 bridgehead atoms. The van der Waals surface area contributed by atoms with Crippen LogP contribution < -0.4 is 0 Å². The van der Waals surface area contributed by atoms with Gasteiger partial charge in [0.2, 0.25) is 10.8 Å². The molecule has 3 aromatic rings. The molecule has 4 rings (SSSR count). The number of nitrogens with zero attached hydrogens (tertiary/aromatic N) is 4. The van der Waals surface area contributed by atoms with E-state index >= 15 is 0 Å². The van der Waals surface area contributed by atoms with Crippen molar-refractivity contribution < 1.29 is 9.90 Å². The van der Waals surface area contributed by atoms with E-state index in [1.807, 2.05) is 0 Å². The zero-order valence-corrected chi connectivity index (χ0v) is 15.4. The van der Waals surface area contributed by atoms with E-state index in [9.17, 15) is 9.90 Å². The van der Waals surface area contributed by atoms with Crippen molar-refractivity contribution in [3.05, 3.63) is 45.0 Å². The van der Waals surface area contributed by atoms with Crippen LogP contribution in [0.15, 0.2) is 24.5 Å². The van der Waals surface area contributed by atoms with Crippen LogP contribution in [0.2, 0.25) is 10.0 Å². The molecule has 1 fully saturated rings. The molecule has 1 unspecified atom stereocenters. The second-order valence-corrected chi connectivity index (χ2v) is 7.68. The topological polar surface area (TPSA) is 70.7 Å². The number of halogens is 2. The van der Waals surface area contributed by atoms with Crippen molar-refractivity contribution in [2.45, 2.75) is 18.9 Å². The van der Waals surface area contributed by atoms with Gasteiger partial charge >= 0.3 is 0 Å². The Morgan fingerprint density at radius 1 is 1.20 bits per heavy atom. The third-order valence-electron chi connectivity index (χ3n) is 4.38. The molecular weight excluding hydrogens is 383 g/mol. The van der Waals surface area contributed by atoms with E-state index in [0.717, 1.165) is 5.56 Å². The summed E-state index contributed by atoms with van der Waals surface area (Å²) in [5, 5.41) is 15.8. The van der Waals surface area contributed by atoms with Crippen molar-refractivity contribution in [3.8, 4) is 5.88 Å². The minimum Gasteiger partial charge on any atom is -0.492 e. The standard InChI is InChI=1S/C16H14Cl2N4O2S/c17-10-2-1-3-11(18)12(10)13(21-6-4-9(23)5-7-21)14-15(24)22-16(25-14)19-8-20-22/h1-3,8,13,24H,4-7H2. The quantitative estimate of drug-likeness (QED) is 0.732. The number of carbonyl (C=O) groups is 1. The summed E-state index contributed by atoms with van der Waals surface area (Å²) in [7, 11) is 0. The van der Waals surface area contributed by atoms with E-state index in [1.54, 1.807) is 18.2 Å². The monoisotopic (exact) mass is 396 g/mol. The van der Waals surface area contributed by atoms with E-state index in [4.69, 9.17) is 23.2 Å². The Morgan fingerprint density at radius 3 is 2.52 bits per heavy atom. The molecule has 0 amide bonds. The number of rotatable bonds is 3. The van der Waals surface area contributed by atoms with Crippen molar-refractivity contribution in [2.24, 2.45) is 0 Å². The number of likely N-dealkylation sites (tertiary alicyclic amines) is 1. The number of fused-ring (bicyclic) bond motifs is 1. The van der Waals surface area contributed by atoms with E-state index in [2.05, 4.69) is 15.0 Å². The van der Waals surface area contributed by atoms with Gasteiger partial charge in [-0.1, -0.05) is 40.6 Å². The molecule has 6 nitrogen and oxygen atoms in total. The number of hydrogen-bond acceptors (Lipinski definition) is 6. The Kier molecular flexibility index (Phi) is 4.41. The molecule has 130 valence electrons. The predicted molar refractivity (Wildman–Crippen MR) is 96.6 cm³/mol. The summed E-state index contributed by atoms with van der Waals surface area (Å²) >= 11 is 14.2. The highest BCUT2D eigenvalue weighted by Crippen LogP contribution is 2.44. The molecule has 0 saturated carbocycles. The summed E-state index contributed by atoms with van der Waals surface area (Å²) in [6, 6.07) is 4.98. The van der Waals surface area contributed by atoms with Crippen molar-refractivity contribution >= 4 is 45.3 Å². The first kappa shape index (κ1) is 16.8. The SMILES string of the molecule is O=C1CCN(C(c2sc3ncnn3c2O)c2c(Cl)cccc2Cl)CC1. The average Bonchev–Trinajstić information content (AvgIpc) is 3.16. The molecule has 25 heavy (non-hydrogen) atoms. The summed E-state index contributed by atoms with van der Waals surface area (Å²) in [4.78, 5) is 19.2. The minimum atomic E-state index is -0.359. The Labute approximate surface area is 157 Å². The van der Waals surface area contributed by atoms with Gasteiger partial charge in [0, 0.05) is 41.5 Å².